The number of hydrogen-bond donors (Lipinski definition) is 0. The van der Waals surface area contributed by atoms with E-state index >= 15 is 0 Å². The minimum absolute atomic E-state index is 0.144. The first-order valence-electron chi connectivity index (χ1n) is 10.9. The van der Waals surface area contributed by atoms with E-state index in [4.69, 9.17) is 4.74 Å². The summed E-state index contributed by atoms with van der Waals surface area (Å²) in [6, 6.07) is 12.6. The molecule has 3 aromatic rings. The van der Waals surface area contributed by atoms with Crippen LogP contribution in [0.25, 0.3) is 0 Å². The van der Waals surface area contributed by atoms with E-state index in [0.29, 0.717) is 17.9 Å². The van der Waals surface area contributed by atoms with E-state index in [1.165, 1.54) is 46.2 Å². The molecular formula is C26H24F2N2O3S. The fraction of sp³-hybridized carbons (Fsp3) is 0.231. The number of carbonyl (C=O) groups is 2. The van der Waals surface area contributed by atoms with Gasteiger partial charge < -0.3 is 14.5 Å². The molecule has 2 heterocycles. The van der Waals surface area contributed by atoms with Crippen LogP contribution >= 0.6 is 11.3 Å². The summed E-state index contributed by atoms with van der Waals surface area (Å²) in [6.45, 7) is 4.43. The topological polar surface area (TPSA) is 49.9 Å². The lowest BCUT2D eigenvalue weighted by Crippen LogP contribution is -2.47. The number of hydrogen-bond acceptors (Lipinski definition) is 4. The monoisotopic (exact) mass is 482 g/mol. The number of fused-ring (bicyclic) bond motifs is 1. The van der Waals surface area contributed by atoms with Crippen molar-refractivity contribution in [3.8, 4) is 5.75 Å². The van der Waals surface area contributed by atoms with Crippen LogP contribution in [0.3, 0.4) is 0 Å². The SMILES string of the molecule is C=CCN(CC(=O)N1CCc2sccc2C1COc1ccc(F)cc1)C(=O)c1ccc(F)cc1. The lowest BCUT2D eigenvalue weighted by molar-refractivity contribution is -0.135. The number of halogens is 2. The number of benzene rings is 2. The van der Waals surface area contributed by atoms with Gasteiger partial charge in [-0.25, -0.2) is 8.78 Å². The molecule has 4 rings (SSSR count). The van der Waals surface area contributed by atoms with Gasteiger partial charge in [-0.05, 0) is 72.0 Å². The molecule has 8 heteroatoms. The molecule has 1 aliphatic heterocycles. The molecule has 0 radical (unpaired) electrons. The normalized spacial score (nSPS) is 14.9. The van der Waals surface area contributed by atoms with Gasteiger partial charge in [0.05, 0.1) is 6.04 Å². The molecule has 0 saturated carbocycles. The Kier molecular flexibility index (Phi) is 7.37. The summed E-state index contributed by atoms with van der Waals surface area (Å²) in [5.74, 6) is -0.875. The fourth-order valence-electron chi connectivity index (χ4n) is 3.98. The van der Waals surface area contributed by atoms with Crippen molar-refractivity contribution in [2.75, 3.05) is 26.2 Å². The minimum atomic E-state index is -0.438. The summed E-state index contributed by atoms with van der Waals surface area (Å²) in [6.07, 6.45) is 2.27. The van der Waals surface area contributed by atoms with Gasteiger partial charge in [0.25, 0.3) is 5.91 Å². The van der Waals surface area contributed by atoms with E-state index in [2.05, 4.69) is 6.58 Å². The number of rotatable bonds is 8. The maximum Gasteiger partial charge on any atom is 0.254 e. The fourth-order valence-corrected chi connectivity index (χ4v) is 4.91. The zero-order chi connectivity index (χ0) is 24.1. The molecule has 2 amide bonds. The number of amides is 2. The van der Waals surface area contributed by atoms with E-state index in [1.54, 1.807) is 34.4 Å². The van der Waals surface area contributed by atoms with Gasteiger partial charge in [-0.1, -0.05) is 6.08 Å². The first-order chi connectivity index (χ1) is 16.5. The molecule has 0 bridgehead atoms. The summed E-state index contributed by atoms with van der Waals surface area (Å²) in [5.41, 5.74) is 1.32. The van der Waals surface area contributed by atoms with Crippen LogP contribution in [0.1, 0.15) is 26.8 Å². The zero-order valence-corrected chi connectivity index (χ0v) is 19.3. The van der Waals surface area contributed by atoms with E-state index in [-0.39, 0.29) is 43.4 Å². The molecule has 1 atom stereocenters. The highest BCUT2D eigenvalue weighted by Gasteiger charge is 2.33. The maximum atomic E-state index is 13.4. The van der Waals surface area contributed by atoms with Gasteiger partial charge in [-0.3, -0.25) is 9.59 Å². The first-order valence-corrected chi connectivity index (χ1v) is 11.7. The summed E-state index contributed by atoms with van der Waals surface area (Å²) < 4.78 is 32.4. The quantitative estimate of drug-likeness (QED) is 0.431. The standard InChI is InChI=1S/C26H24F2N2O3S/c1-2-13-29(26(32)18-3-5-19(27)6-4-18)16-25(31)30-14-11-24-22(12-15-34-24)23(30)17-33-21-9-7-20(28)8-10-21/h2-10,12,15,23H,1,11,13-14,16-17H2. The summed E-state index contributed by atoms with van der Waals surface area (Å²) in [7, 11) is 0. The number of nitrogens with zero attached hydrogens (tertiary/aromatic N) is 2. The third-order valence-corrected chi connectivity index (χ3v) is 6.69. The largest absolute Gasteiger partial charge is 0.491 e. The van der Waals surface area contributed by atoms with Crippen molar-refractivity contribution in [3.05, 3.63) is 100 Å². The van der Waals surface area contributed by atoms with E-state index in [9.17, 15) is 18.4 Å². The molecule has 2 aromatic carbocycles. The van der Waals surface area contributed by atoms with Crippen molar-refractivity contribution in [3.63, 3.8) is 0 Å². The maximum absolute atomic E-state index is 13.4. The summed E-state index contributed by atoms with van der Waals surface area (Å²) in [4.78, 5) is 30.7. The van der Waals surface area contributed by atoms with Crippen molar-refractivity contribution < 1.29 is 23.1 Å². The molecule has 0 spiro atoms. The van der Waals surface area contributed by atoms with Crippen LogP contribution in [0.5, 0.6) is 5.75 Å². The van der Waals surface area contributed by atoms with E-state index in [1.807, 2.05) is 11.4 Å². The molecular weight excluding hydrogens is 458 g/mol. The second-order valence-electron chi connectivity index (χ2n) is 7.90. The third kappa shape index (κ3) is 5.34. The van der Waals surface area contributed by atoms with Crippen LogP contribution in [0.15, 0.2) is 72.6 Å². The van der Waals surface area contributed by atoms with Gasteiger partial charge in [-0.2, -0.15) is 0 Å². The first kappa shape index (κ1) is 23.6. The number of carbonyl (C=O) groups excluding carboxylic acids is 2. The molecule has 34 heavy (non-hydrogen) atoms. The van der Waals surface area contributed by atoms with Gasteiger partial charge in [-0.15, -0.1) is 17.9 Å². The molecule has 5 nitrogen and oxygen atoms in total. The third-order valence-electron chi connectivity index (χ3n) is 5.69. The molecule has 0 fully saturated rings. The van der Waals surface area contributed by atoms with Gasteiger partial charge >= 0.3 is 0 Å². The van der Waals surface area contributed by atoms with Gasteiger partial charge in [0.1, 0.15) is 30.5 Å². The lowest BCUT2D eigenvalue weighted by atomic mass is 10.0. The van der Waals surface area contributed by atoms with E-state index in [0.717, 1.165) is 12.0 Å². The number of thiophene rings is 1. The summed E-state index contributed by atoms with van der Waals surface area (Å²) in [5, 5.41) is 1.99. The smallest absolute Gasteiger partial charge is 0.254 e. The minimum Gasteiger partial charge on any atom is -0.491 e. The van der Waals surface area contributed by atoms with Crippen LogP contribution in [0.2, 0.25) is 0 Å². The van der Waals surface area contributed by atoms with E-state index < -0.39 is 5.82 Å². The molecule has 0 N–H and O–H groups in total. The second-order valence-corrected chi connectivity index (χ2v) is 8.90. The molecule has 1 aliphatic rings. The van der Waals surface area contributed by atoms with Crippen LogP contribution in [-0.4, -0.2) is 47.9 Å². The van der Waals surface area contributed by atoms with Crippen LogP contribution in [0, 0.1) is 11.6 Å². The van der Waals surface area contributed by atoms with Gasteiger partial charge in [0, 0.05) is 23.5 Å². The molecule has 0 saturated heterocycles. The van der Waals surface area contributed by atoms with Crippen molar-refractivity contribution in [1.29, 1.82) is 0 Å². The highest BCUT2D eigenvalue weighted by atomic mass is 32.1. The Bertz CT molecular complexity index is 1160. The average Bonchev–Trinajstić information content (AvgIpc) is 3.32. The number of ether oxygens (including phenoxy) is 1. The van der Waals surface area contributed by atoms with Crippen LogP contribution < -0.4 is 4.74 Å². The lowest BCUT2D eigenvalue weighted by Gasteiger charge is -2.37. The average molecular weight is 483 g/mol. The zero-order valence-electron chi connectivity index (χ0n) is 18.5. The second kappa shape index (κ2) is 10.6. The summed E-state index contributed by atoms with van der Waals surface area (Å²) >= 11 is 1.64. The Morgan fingerprint density at radius 3 is 2.44 bits per heavy atom. The molecule has 1 unspecified atom stereocenters. The van der Waals surface area contributed by atoms with Crippen molar-refractivity contribution in [1.82, 2.24) is 9.80 Å². The molecule has 1 aromatic heterocycles. The highest BCUT2D eigenvalue weighted by Crippen LogP contribution is 2.34. The Labute approximate surface area is 200 Å². The Balaban J connectivity index is 1.51. The van der Waals surface area contributed by atoms with Crippen LogP contribution in [0.4, 0.5) is 8.78 Å². The van der Waals surface area contributed by atoms with Crippen molar-refractivity contribution in [2.24, 2.45) is 0 Å². The van der Waals surface area contributed by atoms with Crippen molar-refractivity contribution >= 4 is 23.2 Å². The highest BCUT2D eigenvalue weighted by molar-refractivity contribution is 7.10. The predicted molar refractivity (Wildman–Crippen MR) is 127 cm³/mol. The Hall–Kier alpha value is -3.52. The molecule has 176 valence electrons. The molecule has 0 aliphatic carbocycles. The predicted octanol–water partition coefficient (Wildman–Crippen LogP) is 4.86. The van der Waals surface area contributed by atoms with Gasteiger partial charge in [0.2, 0.25) is 5.91 Å². The van der Waals surface area contributed by atoms with Crippen molar-refractivity contribution in [2.45, 2.75) is 12.5 Å². The van der Waals surface area contributed by atoms with Crippen LogP contribution in [-0.2, 0) is 11.2 Å². The van der Waals surface area contributed by atoms with Gasteiger partial charge in [0.15, 0.2) is 0 Å². The Morgan fingerprint density at radius 1 is 1.09 bits per heavy atom. The Morgan fingerprint density at radius 2 is 1.76 bits per heavy atom.